The molecule has 1 aliphatic heterocycles. The molecule has 2 fully saturated rings. The van der Waals surface area contributed by atoms with Crippen molar-refractivity contribution in [2.24, 2.45) is 5.92 Å². The summed E-state index contributed by atoms with van der Waals surface area (Å²) in [6.07, 6.45) is -0.0887. The van der Waals surface area contributed by atoms with Crippen LogP contribution in [0.3, 0.4) is 0 Å². The first-order valence-corrected chi connectivity index (χ1v) is 14.7. The van der Waals surface area contributed by atoms with Gasteiger partial charge >= 0.3 is 0 Å². The number of nitrogens with one attached hydrogen (secondary N) is 2. The minimum atomic E-state index is -1.45. The minimum absolute atomic E-state index is 0.00806. The average molecular weight is 705 g/mol. The van der Waals surface area contributed by atoms with E-state index in [1.807, 2.05) is 0 Å². The maximum atomic E-state index is 15.2. The largest absolute Gasteiger partial charge is 0.370 e. The van der Waals surface area contributed by atoms with E-state index in [2.05, 4.69) is 26.6 Å². The molecule has 0 spiro atoms. The lowest BCUT2D eigenvalue weighted by molar-refractivity contribution is -0.127. The maximum Gasteiger partial charge on any atom is 0.257 e. The van der Waals surface area contributed by atoms with Crippen LogP contribution in [0.4, 0.5) is 24.5 Å². The summed E-state index contributed by atoms with van der Waals surface area (Å²) < 4.78 is 47.4. The number of hydrogen-bond acceptors (Lipinski definition) is 4. The molecule has 2 amide bonds. The van der Waals surface area contributed by atoms with Crippen molar-refractivity contribution < 1.29 is 32.3 Å². The molecule has 0 radical (unpaired) electrons. The van der Waals surface area contributed by atoms with Crippen molar-refractivity contribution in [1.82, 2.24) is 0 Å². The second-order valence-electron chi connectivity index (χ2n) is 9.97. The van der Waals surface area contributed by atoms with Gasteiger partial charge in [-0.1, -0.05) is 17.7 Å². The maximum absolute atomic E-state index is 15.2. The van der Waals surface area contributed by atoms with Crippen LogP contribution >= 0.6 is 50.7 Å². The zero-order chi connectivity index (χ0) is 30.3. The first kappa shape index (κ1) is 30.8. The summed E-state index contributed by atoms with van der Waals surface area (Å²) in [6, 6.07) is 10.3. The molecule has 1 saturated heterocycles. The number of Topliss-reactive ketones (excluding diaryl/α,β-unsaturated/α-hetero) is 1. The predicted octanol–water partition coefficient (Wildman–Crippen LogP) is 7.59. The molecule has 13 heteroatoms. The molecule has 0 bridgehead atoms. The van der Waals surface area contributed by atoms with Gasteiger partial charge in [0.25, 0.3) is 5.91 Å². The third-order valence-corrected chi connectivity index (χ3v) is 9.07. The Balaban J connectivity index is 1.30. The van der Waals surface area contributed by atoms with Gasteiger partial charge in [-0.25, -0.2) is 13.2 Å². The second-order valence-corrected chi connectivity index (χ2v) is 12.7. The van der Waals surface area contributed by atoms with Crippen LogP contribution < -0.4 is 10.6 Å². The van der Waals surface area contributed by atoms with Crippen LogP contribution in [0.15, 0.2) is 53.0 Å². The lowest BCUT2D eigenvalue weighted by Crippen LogP contribution is -2.23. The van der Waals surface area contributed by atoms with Crippen LogP contribution in [-0.2, 0) is 20.7 Å². The highest BCUT2D eigenvalue weighted by molar-refractivity contribution is 9.10. The van der Waals surface area contributed by atoms with E-state index >= 15 is 4.39 Å². The van der Waals surface area contributed by atoms with E-state index in [0.29, 0.717) is 25.0 Å². The highest BCUT2D eigenvalue weighted by Gasteiger charge is 2.67. The molecule has 2 N–H and O–H groups in total. The first-order valence-electron chi connectivity index (χ1n) is 12.7. The zero-order valence-electron chi connectivity index (χ0n) is 21.5. The van der Waals surface area contributed by atoms with Gasteiger partial charge in [0, 0.05) is 30.2 Å². The van der Waals surface area contributed by atoms with Gasteiger partial charge in [0.15, 0.2) is 11.6 Å². The normalized spacial score (nSPS) is 20.7. The van der Waals surface area contributed by atoms with Gasteiger partial charge in [-0.15, -0.1) is 23.2 Å². The first-order chi connectivity index (χ1) is 19.9. The molecule has 42 heavy (non-hydrogen) atoms. The Bertz CT molecular complexity index is 1600. The van der Waals surface area contributed by atoms with Crippen molar-refractivity contribution in [1.29, 1.82) is 0 Å². The summed E-state index contributed by atoms with van der Waals surface area (Å²) in [5.74, 6) is -5.85. The number of carbonyl (C=O) groups is 3. The number of anilines is 2. The van der Waals surface area contributed by atoms with Crippen LogP contribution in [0, 0.1) is 23.4 Å². The van der Waals surface area contributed by atoms with Crippen LogP contribution in [0.2, 0.25) is 5.02 Å². The topological polar surface area (TPSA) is 84.5 Å². The quantitative estimate of drug-likeness (QED) is 0.237. The molecule has 6 nitrogen and oxygen atoms in total. The van der Waals surface area contributed by atoms with Crippen LogP contribution in [0.5, 0.6) is 0 Å². The number of carbonyl (C=O) groups excluding carboxylic acids is 3. The summed E-state index contributed by atoms with van der Waals surface area (Å²) in [6.45, 7) is 0.407. The van der Waals surface area contributed by atoms with Gasteiger partial charge in [0.2, 0.25) is 5.91 Å². The minimum Gasteiger partial charge on any atom is -0.370 e. The van der Waals surface area contributed by atoms with Crippen LogP contribution in [-0.4, -0.2) is 34.6 Å². The fourth-order valence-electron chi connectivity index (χ4n) is 4.94. The Labute approximate surface area is 262 Å². The number of halogens is 7. The number of ketones is 1. The highest BCUT2D eigenvalue weighted by Crippen LogP contribution is 2.65. The summed E-state index contributed by atoms with van der Waals surface area (Å²) in [5.41, 5.74) is -0.233. The Hall–Kier alpha value is -2.63. The number of rotatable bonds is 8. The monoisotopic (exact) mass is 702 g/mol. The molecule has 1 saturated carbocycles. The van der Waals surface area contributed by atoms with Crippen molar-refractivity contribution >= 4 is 79.7 Å². The fraction of sp³-hybridized carbons (Fsp3) is 0.276. The number of ether oxygens (including phenoxy) is 1. The summed E-state index contributed by atoms with van der Waals surface area (Å²) in [7, 11) is 0. The van der Waals surface area contributed by atoms with Crippen molar-refractivity contribution in [3.8, 4) is 0 Å². The number of benzene rings is 3. The molecule has 220 valence electrons. The summed E-state index contributed by atoms with van der Waals surface area (Å²) in [5, 5.41) is 4.98. The van der Waals surface area contributed by atoms with Gasteiger partial charge in [0.1, 0.15) is 22.1 Å². The number of alkyl halides is 2. The van der Waals surface area contributed by atoms with Crippen LogP contribution in [0.1, 0.15) is 40.2 Å². The fourth-order valence-corrected chi connectivity index (χ4v) is 6.36. The Kier molecular flexibility index (Phi) is 8.93. The number of hydrogen-bond donors (Lipinski definition) is 2. The molecular weight excluding hydrogens is 684 g/mol. The summed E-state index contributed by atoms with van der Waals surface area (Å²) in [4.78, 5) is 38.6. The standard InChI is InChI=1S/C29H21BrCl3F3N2O4/c30-17-10-13(3-6-20(17)35)24-25(29(24,32)33)28(41)37-14-4-5-18(31)15(11-14)27(40)38-21-8-7-19(34)16(26(21)36)12-22(39)23-2-1-9-42-23/h3-8,10-11,23-25H,1-2,9,12H2,(H,37,41)(H,38,40)/t23?,24-,25+/m0/s1. The van der Waals surface area contributed by atoms with E-state index in [-0.39, 0.29) is 26.4 Å². The molecule has 2 aliphatic rings. The Morgan fingerprint density at radius 3 is 2.43 bits per heavy atom. The van der Waals surface area contributed by atoms with Crippen molar-refractivity contribution in [3.63, 3.8) is 0 Å². The summed E-state index contributed by atoms with van der Waals surface area (Å²) >= 11 is 22.1. The van der Waals surface area contributed by atoms with E-state index in [9.17, 15) is 23.2 Å². The molecule has 3 aromatic rings. The predicted molar refractivity (Wildman–Crippen MR) is 157 cm³/mol. The van der Waals surface area contributed by atoms with Crippen LogP contribution in [0.25, 0.3) is 0 Å². The molecule has 1 heterocycles. The SMILES string of the molecule is O=C(Nc1ccc(F)c(CC(=O)C2CCCO2)c1F)c1cc(NC(=O)[C@H]2[C@H](c3ccc(F)c(Br)c3)C2(Cl)Cl)ccc1Cl. The lowest BCUT2D eigenvalue weighted by Gasteiger charge is -2.14. The third kappa shape index (κ3) is 6.19. The molecular formula is C29H21BrCl3F3N2O4. The van der Waals surface area contributed by atoms with Gasteiger partial charge in [-0.2, -0.15) is 0 Å². The van der Waals surface area contributed by atoms with Gasteiger partial charge in [0.05, 0.1) is 26.7 Å². The molecule has 3 aromatic carbocycles. The van der Waals surface area contributed by atoms with E-state index in [0.717, 1.165) is 12.1 Å². The van der Waals surface area contributed by atoms with Gasteiger partial charge in [-0.05, 0) is 76.8 Å². The molecule has 3 atom stereocenters. The Morgan fingerprint density at radius 1 is 1.00 bits per heavy atom. The van der Waals surface area contributed by atoms with E-state index < -0.39 is 69.3 Å². The second kappa shape index (κ2) is 12.2. The van der Waals surface area contributed by atoms with E-state index in [4.69, 9.17) is 39.5 Å². The number of amides is 2. The molecule has 1 unspecified atom stereocenters. The lowest BCUT2D eigenvalue weighted by atomic mass is 10.0. The molecule has 5 rings (SSSR count). The highest BCUT2D eigenvalue weighted by atomic mass is 79.9. The van der Waals surface area contributed by atoms with Gasteiger partial charge in [-0.3, -0.25) is 14.4 Å². The van der Waals surface area contributed by atoms with Crippen molar-refractivity contribution in [2.45, 2.75) is 35.6 Å². The third-order valence-electron chi connectivity index (χ3n) is 7.19. The molecule has 1 aliphatic carbocycles. The van der Waals surface area contributed by atoms with E-state index in [1.54, 1.807) is 0 Å². The smallest absolute Gasteiger partial charge is 0.257 e. The average Bonchev–Trinajstić information content (AvgIpc) is 3.25. The zero-order valence-corrected chi connectivity index (χ0v) is 25.3. The van der Waals surface area contributed by atoms with Gasteiger partial charge < -0.3 is 15.4 Å². The molecule has 0 aromatic heterocycles. The van der Waals surface area contributed by atoms with Crippen molar-refractivity contribution in [2.75, 3.05) is 17.2 Å². The van der Waals surface area contributed by atoms with E-state index in [1.165, 1.54) is 36.4 Å². The van der Waals surface area contributed by atoms with Crippen molar-refractivity contribution in [3.05, 3.63) is 92.2 Å². The Morgan fingerprint density at radius 2 is 1.74 bits per heavy atom.